The molecule has 1 saturated carbocycles. The van der Waals surface area contributed by atoms with Crippen molar-refractivity contribution in [2.75, 3.05) is 13.6 Å². The van der Waals surface area contributed by atoms with Crippen LogP contribution in [0.15, 0.2) is 24.3 Å². The van der Waals surface area contributed by atoms with Crippen LogP contribution in [0, 0.1) is 5.82 Å². The highest BCUT2D eigenvalue weighted by Gasteiger charge is 2.39. The maximum atomic E-state index is 13.5. The largest absolute Gasteiger partial charge is 0.484 e. The molecule has 1 aromatic carbocycles. The van der Waals surface area contributed by atoms with Crippen molar-refractivity contribution in [2.45, 2.75) is 31.3 Å². The van der Waals surface area contributed by atoms with Crippen molar-refractivity contribution in [3.8, 4) is 5.75 Å². The first-order valence-corrected chi connectivity index (χ1v) is 5.84. The number of nitrogens with one attached hydrogen (secondary N) is 1. The summed E-state index contributed by atoms with van der Waals surface area (Å²) in [5.74, 6) is 0.122. The number of halogens is 1. The van der Waals surface area contributed by atoms with Crippen LogP contribution < -0.4 is 10.1 Å². The van der Waals surface area contributed by atoms with Gasteiger partial charge in [0.15, 0.2) is 11.6 Å². The highest BCUT2D eigenvalue weighted by Crippen LogP contribution is 2.39. The Kier molecular flexibility index (Phi) is 3.44. The Morgan fingerprint density at radius 2 is 2.12 bits per heavy atom. The van der Waals surface area contributed by atoms with E-state index < -0.39 is 0 Å². The topological polar surface area (TPSA) is 21.3 Å². The molecule has 0 radical (unpaired) electrons. The third-order valence-electron chi connectivity index (χ3n) is 3.26. The standard InChI is InChI=1S/C13H18FNO/c1-15-10-9-13(7-4-8-13)16-12-6-3-2-5-11(12)14/h2-3,5-6,15H,4,7-10H2,1H3. The molecule has 1 fully saturated rings. The van der Waals surface area contributed by atoms with Crippen LogP contribution in [0.1, 0.15) is 25.7 Å². The number of hydrogen-bond donors (Lipinski definition) is 1. The van der Waals surface area contributed by atoms with Crippen molar-refractivity contribution >= 4 is 0 Å². The average molecular weight is 223 g/mol. The zero-order valence-corrected chi connectivity index (χ0v) is 9.63. The van der Waals surface area contributed by atoms with Gasteiger partial charge < -0.3 is 10.1 Å². The first-order chi connectivity index (χ1) is 7.76. The van der Waals surface area contributed by atoms with Crippen LogP contribution in [0.2, 0.25) is 0 Å². The molecule has 0 unspecified atom stereocenters. The van der Waals surface area contributed by atoms with Gasteiger partial charge >= 0.3 is 0 Å². The minimum atomic E-state index is -0.266. The third-order valence-corrected chi connectivity index (χ3v) is 3.26. The second-order valence-electron chi connectivity index (χ2n) is 4.42. The van der Waals surface area contributed by atoms with Crippen LogP contribution in [0.5, 0.6) is 5.75 Å². The van der Waals surface area contributed by atoms with E-state index in [1.807, 2.05) is 13.1 Å². The Morgan fingerprint density at radius 1 is 1.38 bits per heavy atom. The van der Waals surface area contributed by atoms with Gasteiger partial charge in [-0.15, -0.1) is 0 Å². The van der Waals surface area contributed by atoms with Gasteiger partial charge in [-0.2, -0.15) is 0 Å². The smallest absolute Gasteiger partial charge is 0.165 e. The maximum absolute atomic E-state index is 13.5. The predicted octanol–water partition coefficient (Wildman–Crippen LogP) is 2.74. The first-order valence-electron chi connectivity index (χ1n) is 5.84. The lowest BCUT2D eigenvalue weighted by molar-refractivity contribution is -0.0168. The number of ether oxygens (including phenoxy) is 1. The van der Waals surface area contributed by atoms with Gasteiger partial charge in [-0.25, -0.2) is 4.39 Å². The fourth-order valence-corrected chi connectivity index (χ4v) is 2.09. The minimum absolute atomic E-state index is 0.134. The summed E-state index contributed by atoms with van der Waals surface area (Å²) in [4.78, 5) is 0. The predicted molar refractivity (Wildman–Crippen MR) is 62.2 cm³/mol. The molecule has 0 heterocycles. The van der Waals surface area contributed by atoms with E-state index in [1.165, 1.54) is 12.5 Å². The molecule has 16 heavy (non-hydrogen) atoms. The molecule has 0 aliphatic heterocycles. The van der Waals surface area contributed by atoms with Gasteiger partial charge in [-0.3, -0.25) is 0 Å². The van der Waals surface area contributed by atoms with Gasteiger partial charge in [-0.05, 0) is 51.4 Å². The lowest BCUT2D eigenvalue weighted by Crippen LogP contribution is -2.45. The van der Waals surface area contributed by atoms with Gasteiger partial charge in [0.2, 0.25) is 0 Å². The highest BCUT2D eigenvalue weighted by atomic mass is 19.1. The molecule has 0 aromatic heterocycles. The summed E-state index contributed by atoms with van der Waals surface area (Å²) in [6, 6.07) is 6.64. The van der Waals surface area contributed by atoms with Crippen molar-refractivity contribution in [3.63, 3.8) is 0 Å². The zero-order valence-electron chi connectivity index (χ0n) is 9.63. The Bertz CT molecular complexity index is 350. The van der Waals surface area contributed by atoms with Crippen LogP contribution in [0.3, 0.4) is 0 Å². The van der Waals surface area contributed by atoms with Crippen LogP contribution in [0.4, 0.5) is 4.39 Å². The summed E-state index contributed by atoms with van der Waals surface area (Å²) >= 11 is 0. The summed E-state index contributed by atoms with van der Waals surface area (Å²) < 4.78 is 19.3. The fraction of sp³-hybridized carbons (Fsp3) is 0.538. The Labute approximate surface area is 95.8 Å². The zero-order chi connectivity index (χ0) is 11.4. The summed E-state index contributed by atoms with van der Waals surface area (Å²) in [5, 5.41) is 3.12. The van der Waals surface area contributed by atoms with Gasteiger partial charge in [0.05, 0.1) is 0 Å². The number of hydrogen-bond acceptors (Lipinski definition) is 2. The number of para-hydroxylation sites is 1. The molecular weight excluding hydrogens is 205 g/mol. The van der Waals surface area contributed by atoms with E-state index in [0.29, 0.717) is 5.75 Å². The second-order valence-corrected chi connectivity index (χ2v) is 4.42. The Hall–Kier alpha value is -1.09. The molecule has 3 heteroatoms. The molecule has 1 aromatic rings. The van der Waals surface area contributed by atoms with Gasteiger partial charge in [-0.1, -0.05) is 12.1 Å². The summed E-state index contributed by atoms with van der Waals surface area (Å²) in [7, 11) is 1.93. The SMILES string of the molecule is CNCCC1(Oc2ccccc2F)CCC1. The third kappa shape index (κ3) is 2.35. The quantitative estimate of drug-likeness (QED) is 0.828. The molecule has 1 N–H and O–H groups in total. The van der Waals surface area contributed by atoms with Crippen LogP contribution in [0.25, 0.3) is 0 Å². The van der Waals surface area contributed by atoms with E-state index in [1.54, 1.807) is 12.1 Å². The fourth-order valence-electron chi connectivity index (χ4n) is 2.09. The van der Waals surface area contributed by atoms with Crippen molar-refractivity contribution in [2.24, 2.45) is 0 Å². The number of rotatable bonds is 5. The van der Waals surface area contributed by atoms with Gasteiger partial charge in [0.1, 0.15) is 5.60 Å². The van der Waals surface area contributed by atoms with Crippen LogP contribution >= 0.6 is 0 Å². The maximum Gasteiger partial charge on any atom is 0.165 e. The van der Waals surface area contributed by atoms with E-state index in [-0.39, 0.29) is 11.4 Å². The van der Waals surface area contributed by atoms with Crippen LogP contribution in [-0.4, -0.2) is 19.2 Å². The van der Waals surface area contributed by atoms with Crippen molar-refractivity contribution in [3.05, 3.63) is 30.1 Å². The molecule has 1 aliphatic rings. The molecule has 2 rings (SSSR count). The van der Waals surface area contributed by atoms with E-state index in [0.717, 1.165) is 25.8 Å². The molecule has 0 amide bonds. The van der Waals surface area contributed by atoms with Gasteiger partial charge in [0.25, 0.3) is 0 Å². The van der Waals surface area contributed by atoms with Gasteiger partial charge in [0, 0.05) is 0 Å². The molecule has 0 bridgehead atoms. The molecule has 1 aliphatic carbocycles. The lowest BCUT2D eigenvalue weighted by atomic mass is 9.77. The summed E-state index contributed by atoms with van der Waals surface area (Å²) in [5.41, 5.74) is -0.134. The van der Waals surface area contributed by atoms with E-state index in [9.17, 15) is 4.39 Å². The highest BCUT2D eigenvalue weighted by molar-refractivity contribution is 5.25. The first kappa shape index (κ1) is 11.4. The van der Waals surface area contributed by atoms with Crippen molar-refractivity contribution < 1.29 is 9.13 Å². The number of benzene rings is 1. The Morgan fingerprint density at radius 3 is 2.69 bits per heavy atom. The normalized spacial score (nSPS) is 17.9. The van der Waals surface area contributed by atoms with Crippen LogP contribution in [-0.2, 0) is 0 Å². The molecule has 0 saturated heterocycles. The summed E-state index contributed by atoms with van der Waals surface area (Å²) in [6.45, 7) is 0.911. The van der Waals surface area contributed by atoms with Crippen molar-refractivity contribution in [1.82, 2.24) is 5.32 Å². The second kappa shape index (κ2) is 4.83. The van der Waals surface area contributed by atoms with E-state index in [2.05, 4.69) is 5.32 Å². The molecule has 0 spiro atoms. The van der Waals surface area contributed by atoms with E-state index >= 15 is 0 Å². The van der Waals surface area contributed by atoms with Crippen molar-refractivity contribution in [1.29, 1.82) is 0 Å². The summed E-state index contributed by atoms with van der Waals surface area (Å²) in [6.07, 6.45) is 4.18. The lowest BCUT2D eigenvalue weighted by Gasteiger charge is -2.42. The van der Waals surface area contributed by atoms with E-state index in [4.69, 9.17) is 4.74 Å². The average Bonchev–Trinajstić information content (AvgIpc) is 2.24. The molecule has 0 atom stereocenters. The molecule has 2 nitrogen and oxygen atoms in total. The monoisotopic (exact) mass is 223 g/mol. The molecular formula is C13H18FNO. The minimum Gasteiger partial charge on any atom is -0.484 e. The Balaban J connectivity index is 2.04. The molecule has 88 valence electrons.